The molecule has 25 heavy (non-hydrogen) atoms. The lowest BCUT2D eigenvalue weighted by Gasteiger charge is -2.21. The van der Waals surface area contributed by atoms with E-state index in [-0.39, 0.29) is 13.0 Å². The smallest absolute Gasteiger partial charge is 0.426 e. The zero-order chi connectivity index (χ0) is 18.4. The fraction of sp³-hybridized carbons (Fsp3) is 0.438. The van der Waals surface area contributed by atoms with Gasteiger partial charge in [-0.1, -0.05) is 29.8 Å². The Bertz CT molecular complexity index is 623. The van der Waals surface area contributed by atoms with Crippen molar-refractivity contribution in [3.8, 4) is 0 Å². The molecule has 0 radical (unpaired) electrons. The van der Waals surface area contributed by atoms with Gasteiger partial charge in [-0.05, 0) is 25.3 Å². The highest BCUT2D eigenvalue weighted by Gasteiger charge is 2.32. The molecule has 3 atom stereocenters. The van der Waals surface area contributed by atoms with E-state index in [0.717, 1.165) is 11.1 Å². The Morgan fingerprint density at radius 2 is 1.96 bits per heavy atom. The molecule has 1 aliphatic heterocycles. The van der Waals surface area contributed by atoms with Crippen molar-refractivity contribution in [2.45, 2.75) is 31.7 Å². The first-order chi connectivity index (χ1) is 11.9. The lowest BCUT2D eigenvalue weighted by atomic mass is 9.75. The molecule has 2 rings (SSSR count). The molecular formula is C16H22BN3O5. The molecule has 9 heteroatoms. The number of carbonyl (C=O) groups is 3. The fourth-order valence-corrected chi connectivity index (χ4v) is 2.68. The van der Waals surface area contributed by atoms with Crippen molar-refractivity contribution in [1.82, 2.24) is 16.0 Å². The van der Waals surface area contributed by atoms with E-state index >= 15 is 0 Å². The number of hydrogen-bond donors (Lipinski definition) is 5. The maximum Gasteiger partial charge on any atom is 0.469 e. The summed E-state index contributed by atoms with van der Waals surface area (Å²) in [7, 11) is -1.59. The van der Waals surface area contributed by atoms with Crippen LogP contribution in [0.4, 0.5) is 4.79 Å². The molecule has 1 aromatic carbocycles. The number of rotatable bonds is 9. The average Bonchev–Trinajstić information content (AvgIpc) is 2.88. The van der Waals surface area contributed by atoms with Gasteiger partial charge in [-0.15, -0.1) is 0 Å². The molecule has 134 valence electrons. The molecule has 0 aliphatic carbocycles. The zero-order valence-electron chi connectivity index (χ0n) is 13.9. The van der Waals surface area contributed by atoms with E-state index in [0.29, 0.717) is 12.7 Å². The summed E-state index contributed by atoms with van der Waals surface area (Å²) in [6, 6.07) is 6.36. The van der Waals surface area contributed by atoms with Gasteiger partial charge in [0, 0.05) is 18.4 Å². The van der Waals surface area contributed by atoms with E-state index in [2.05, 4.69) is 16.0 Å². The third kappa shape index (κ3) is 5.66. The summed E-state index contributed by atoms with van der Waals surface area (Å²) in [4.78, 5) is 33.9. The zero-order valence-corrected chi connectivity index (χ0v) is 13.9. The lowest BCUT2D eigenvalue weighted by Crippen LogP contribution is -2.47. The van der Waals surface area contributed by atoms with Gasteiger partial charge in [0.1, 0.15) is 12.3 Å². The van der Waals surface area contributed by atoms with Gasteiger partial charge in [-0.3, -0.25) is 10.1 Å². The normalized spacial score (nSPS) is 19.1. The molecule has 0 bridgehead atoms. The van der Waals surface area contributed by atoms with Crippen molar-refractivity contribution in [3.63, 3.8) is 0 Å². The first kappa shape index (κ1) is 19.1. The van der Waals surface area contributed by atoms with Crippen LogP contribution in [-0.2, 0) is 16.0 Å². The van der Waals surface area contributed by atoms with Crippen LogP contribution in [0.15, 0.2) is 24.3 Å². The van der Waals surface area contributed by atoms with Crippen LogP contribution in [-0.4, -0.2) is 53.9 Å². The van der Waals surface area contributed by atoms with Crippen LogP contribution in [0.25, 0.3) is 0 Å². The Morgan fingerprint density at radius 1 is 1.28 bits per heavy atom. The molecule has 0 saturated carbocycles. The highest BCUT2D eigenvalue weighted by atomic mass is 16.4. The van der Waals surface area contributed by atoms with Gasteiger partial charge in [-0.25, -0.2) is 4.79 Å². The molecular weight excluding hydrogens is 325 g/mol. The van der Waals surface area contributed by atoms with Gasteiger partial charge in [0.15, 0.2) is 0 Å². The lowest BCUT2D eigenvalue weighted by molar-refractivity contribution is -0.120. The summed E-state index contributed by atoms with van der Waals surface area (Å²) in [6.45, 7) is 2.13. The number of urea groups is 1. The van der Waals surface area contributed by atoms with Crippen LogP contribution in [0, 0.1) is 12.8 Å². The molecule has 1 fully saturated rings. The molecule has 1 aromatic rings. The number of aryl methyl sites for hydroxylation is 1. The van der Waals surface area contributed by atoms with Crippen LogP contribution in [0.2, 0.25) is 0 Å². The minimum absolute atomic E-state index is 0.146. The minimum atomic E-state index is -1.59. The van der Waals surface area contributed by atoms with Crippen molar-refractivity contribution >= 4 is 25.3 Å². The summed E-state index contributed by atoms with van der Waals surface area (Å²) in [6.07, 6.45) is 1.22. The average molecular weight is 347 g/mol. The molecule has 3 amide bonds. The number of benzene rings is 1. The molecule has 1 heterocycles. The topological polar surface area (TPSA) is 128 Å². The van der Waals surface area contributed by atoms with Crippen molar-refractivity contribution in [2.24, 2.45) is 5.92 Å². The second-order valence-corrected chi connectivity index (χ2v) is 6.27. The number of imide groups is 1. The first-order valence-corrected chi connectivity index (χ1v) is 8.10. The summed E-state index contributed by atoms with van der Waals surface area (Å²) in [5.74, 6) is -1.67. The van der Waals surface area contributed by atoms with E-state index in [4.69, 9.17) is 0 Å². The summed E-state index contributed by atoms with van der Waals surface area (Å²) >= 11 is 0. The first-order valence-electron chi connectivity index (χ1n) is 8.10. The molecule has 0 aromatic heterocycles. The van der Waals surface area contributed by atoms with Gasteiger partial charge < -0.3 is 25.5 Å². The molecule has 8 nitrogen and oxygen atoms in total. The van der Waals surface area contributed by atoms with E-state index in [1.54, 1.807) is 0 Å². The summed E-state index contributed by atoms with van der Waals surface area (Å²) in [5.41, 5.74) is 2.04. The standard InChI is InChI=1S/C16H22BN3O5/c1-10-2-4-11(5-3-10)7-14(17(24)25)18-8-12(9-21)6-13-15(22)20-16(23)19-13/h2-5,9,12-14,18,24-25H,6-8H2,1H3,(H2,19,20,22,23)/t12?,13-,14-/m0/s1. The molecule has 1 unspecified atom stereocenters. The Balaban J connectivity index is 1.89. The second kappa shape index (κ2) is 8.75. The Hall–Kier alpha value is -2.23. The summed E-state index contributed by atoms with van der Waals surface area (Å²) < 4.78 is 0. The monoisotopic (exact) mass is 347 g/mol. The maximum atomic E-state index is 11.5. The summed E-state index contributed by atoms with van der Waals surface area (Å²) in [5, 5.41) is 26.6. The third-order valence-corrected chi connectivity index (χ3v) is 4.17. The fourth-order valence-electron chi connectivity index (χ4n) is 2.68. The van der Waals surface area contributed by atoms with Gasteiger partial charge in [0.25, 0.3) is 5.91 Å². The SMILES string of the molecule is Cc1ccc(C[C@H](NCC(C=O)C[C@@H]2NC(=O)NC2=O)B(O)O)cc1. The van der Waals surface area contributed by atoms with Crippen molar-refractivity contribution in [3.05, 3.63) is 35.4 Å². The molecule has 1 saturated heterocycles. The number of hydrogen-bond acceptors (Lipinski definition) is 6. The van der Waals surface area contributed by atoms with Crippen LogP contribution in [0.1, 0.15) is 17.5 Å². The third-order valence-electron chi connectivity index (χ3n) is 4.17. The van der Waals surface area contributed by atoms with E-state index < -0.39 is 37.0 Å². The molecule has 0 spiro atoms. The van der Waals surface area contributed by atoms with Crippen LogP contribution in [0.3, 0.4) is 0 Å². The predicted molar refractivity (Wildman–Crippen MR) is 91.5 cm³/mol. The van der Waals surface area contributed by atoms with Gasteiger partial charge in [0.2, 0.25) is 0 Å². The predicted octanol–water partition coefficient (Wildman–Crippen LogP) is -1.08. The quantitative estimate of drug-likeness (QED) is 0.220. The van der Waals surface area contributed by atoms with Gasteiger partial charge in [0.05, 0.1) is 0 Å². The van der Waals surface area contributed by atoms with E-state index in [9.17, 15) is 24.4 Å². The van der Waals surface area contributed by atoms with Gasteiger partial charge in [-0.2, -0.15) is 0 Å². The number of aldehydes is 1. The van der Waals surface area contributed by atoms with Crippen LogP contribution >= 0.6 is 0 Å². The second-order valence-electron chi connectivity index (χ2n) is 6.27. The molecule has 5 N–H and O–H groups in total. The number of amides is 3. The van der Waals surface area contributed by atoms with E-state index in [1.807, 2.05) is 31.2 Å². The van der Waals surface area contributed by atoms with Gasteiger partial charge >= 0.3 is 13.1 Å². The Kier molecular flexibility index (Phi) is 6.69. The van der Waals surface area contributed by atoms with Crippen LogP contribution < -0.4 is 16.0 Å². The maximum absolute atomic E-state index is 11.5. The Morgan fingerprint density at radius 3 is 2.48 bits per heavy atom. The highest BCUT2D eigenvalue weighted by molar-refractivity contribution is 6.43. The largest absolute Gasteiger partial charge is 0.469 e. The Labute approximate surface area is 146 Å². The van der Waals surface area contributed by atoms with Crippen LogP contribution in [0.5, 0.6) is 0 Å². The van der Waals surface area contributed by atoms with Crippen molar-refractivity contribution in [2.75, 3.05) is 6.54 Å². The van der Waals surface area contributed by atoms with Crippen molar-refractivity contribution in [1.29, 1.82) is 0 Å². The highest BCUT2D eigenvalue weighted by Crippen LogP contribution is 2.10. The van der Waals surface area contributed by atoms with Crippen molar-refractivity contribution < 1.29 is 24.4 Å². The number of carbonyl (C=O) groups excluding carboxylic acids is 3. The minimum Gasteiger partial charge on any atom is -0.426 e. The van der Waals surface area contributed by atoms with E-state index in [1.165, 1.54) is 0 Å². The number of nitrogens with one attached hydrogen (secondary N) is 3. The molecule has 1 aliphatic rings.